The van der Waals surface area contributed by atoms with Crippen molar-refractivity contribution in [3.8, 4) is 0 Å². The molecule has 0 aromatic heterocycles. The Balaban J connectivity index is 3.11. The van der Waals surface area contributed by atoms with Gasteiger partial charge in [0.2, 0.25) is 0 Å². The Morgan fingerprint density at radius 1 is 1.48 bits per heavy atom. The zero-order valence-corrected chi connectivity index (χ0v) is 14.3. The number of halogens is 2. The monoisotopic (exact) mass is 359 g/mol. The average molecular weight is 360 g/mol. The Kier molecular flexibility index (Phi) is 7.35. The lowest BCUT2D eigenvalue weighted by Crippen LogP contribution is -2.22. The van der Waals surface area contributed by atoms with Crippen LogP contribution in [0.3, 0.4) is 0 Å². The third-order valence-electron chi connectivity index (χ3n) is 2.64. The van der Waals surface area contributed by atoms with Crippen LogP contribution in [0.25, 0.3) is 10.4 Å². The van der Waals surface area contributed by atoms with Crippen molar-refractivity contribution in [1.29, 1.82) is 0 Å². The minimum absolute atomic E-state index is 0.0563. The van der Waals surface area contributed by atoms with Crippen molar-refractivity contribution < 1.29 is 18.7 Å². The third kappa shape index (κ3) is 5.42. The van der Waals surface area contributed by atoms with Gasteiger partial charge in [-0.05, 0) is 43.0 Å². The molecular weight excluding hydrogens is 345 g/mol. The summed E-state index contributed by atoms with van der Waals surface area (Å²) in [5.41, 5.74) is 7.87. The largest absolute Gasteiger partial charge is 0.462 e. The van der Waals surface area contributed by atoms with Crippen molar-refractivity contribution in [3.63, 3.8) is 0 Å². The third-order valence-corrected chi connectivity index (χ3v) is 4.47. The van der Waals surface area contributed by atoms with Crippen molar-refractivity contribution in [1.82, 2.24) is 0 Å². The zero-order chi connectivity index (χ0) is 17.6. The fourth-order valence-corrected chi connectivity index (χ4v) is 2.90. The molecule has 0 radical (unpaired) electrons. The fraction of sp³-hybridized carbons (Fsp3) is 0.429. The summed E-state index contributed by atoms with van der Waals surface area (Å²) < 4.78 is 18.9. The number of ether oxygens (including phenoxy) is 1. The van der Waals surface area contributed by atoms with Crippen molar-refractivity contribution >= 4 is 35.2 Å². The van der Waals surface area contributed by atoms with Crippen LogP contribution in [0.1, 0.15) is 37.6 Å². The van der Waals surface area contributed by atoms with Crippen LogP contribution in [0.15, 0.2) is 22.1 Å². The molecule has 23 heavy (non-hydrogen) atoms. The van der Waals surface area contributed by atoms with E-state index in [0.29, 0.717) is 11.3 Å². The van der Waals surface area contributed by atoms with Gasteiger partial charge in [-0.15, -0.1) is 11.8 Å². The molecule has 1 aromatic carbocycles. The van der Waals surface area contributed by atoms with E-state index in [9.17, 15) is 14.0 Å². The van der Waals surface area contributed by atoms with Crippen LogP contribution in [0, 0.1) is 5.82 Å². The van der Waals surface area contributed by atoms with Gasteiger partial charge in [0.25, 0.3) is 5.91 Å². The molecule has 9 heteroatoms. The van der Waals surface area contributed by atoms with E-state index in [2.05, 4.69) is 10.0 Å². The minimum atomic E-state index is -1.05. The van der Waals surface area contributed by atoms with Crippen LogP contribution in [0.2, 0.25) is 5.02 Å². The van der Waals surface area contributed by atoms with E-state index in [1.165, 1.54) is 6.07 Å². The Labute approximate surface area is 142 Å². The topological polar surface area (TPSA) is 92.1 Å². The summed E-state index contributed by atoms with van der Waals surface area (Å²) in [7, 11) is 0. The number of carbonyl (C=O) groups is 2. The molecular formula is C14H15ClFN3O3S. The number of benzene rings is 1. The normalized spacial score (nSPS) is 11.7. The smallest absolute Gasteiger partial charge is 0.319 e. The van der Waals surface area contributed by atoms with Crippen LogP contribution in [0.5, 0.6) is 0 Å². The molecule has 1 rings (SSSR count). The van der Waals surface area contributed by atoms with Gasteiger partial charge < -0.3 is 4.74 Å². The number of azide groups is 1. The fourth-order valence-electron chi connectivity index (χ4n) is 1.64. The SMILES string of the molecule is CCC(Sc1cc(C(=O)N=[N+]=[N-])c(F)cc1Cl)C(=O)OC(C)C. The first-order valence-electron chi connectivity index (χ1n) is 6.75. The Bertz CT molecular complexity index is 663. The molecule has 0 aliphatic rings. The summed E-state index contributed by atoms with van der Waals surface area (Å²) in [4.78, 5) is 26.2. The Hall–Kier alpha value is -1.76. The maximum Gasteiger partial charge on any atom is 0.319 e. The maximum absolute atomic E-state index is 13.8. The van der Waals surface area contributed by atoms with Crippen molar-refractivity contribution in [2.45, 2.75) is 43.4 Å². The predicted octanol–water partition coefficient (Wildman–Crippen LogP) is 4.75. The summed E-state index contributed by atoms with van der Waals surface area (Å²) in [6.45, 7) is 5.26. The van der Waals surface area contributed by atoms with E-state index in [-0.39, 0.29) is 11.1 Å². The summed E-state index contributed by atoms with van der Waals surface area (Å²) in [5.74, 6) is -2.37. The van der Waals surface area contributed by atoms with Crippen molar-refractivity contribution in [2.75, 3.05) is 0 Å². The lowest BCUT2D eigenvalue weighted by Gasteiger charge is -2.17. The summed E-state index contributed by atoms with van der Waals surface area (Å²) in [6.07, 6.45) is 0.201. The predicted molar refractivity (Wildman–Crippen MR) is 86.1 cm³/mol. The zero-order valence-electron chi connectivity index (χ0n) is 12.7. The van der Waals surface area contributed by atoms with Crippen LogP contribution in [-0.2, 0) is 9.53 Å². The van der Waals surface area contributed by atoms with Gasteiger partial charge in [0.15, 0.2) is 0 Å². The molecule has 0 heterocycles. The van der Waals surface area contributed by atoms with E-state index in [1.807, 2.05) is 0 Å². The molecule has 0 fully saturated rings. The first-order valence-corrected chi connectivity index (χ1v) is 8.01. The summed E-state index contributed by atoms with van der Waals surface area (Å²) in [6, 6.07) is 2.12. The molecule has 6 nitrogen and oxygen atoms in total. The Morgan fingerprint density at radius 2 is 2.13 bits per heavy atom. The van der Waals surface area contributed by atoms with Gasteiger partial charge in [-0.1, -0.05) is 18.5 Å². The average Bonchev–Trinajstić information content (AvgIpc) is 2.45. The number of hydrogen-bond donors (Lipinski definition) is 0. The molecule has 1 atom stereocenters. The molecule has 0 aliphatic heterocycles. The second-order valence-electron chi connectivity index (χ2n) is 4.76. The van der Waals surface area contributed by atoms with Gasteiger partial charge in [-0.2, -0.15) is 0 Å². The second-order valence-corrected chi connectivity index (χ2v) is 6.41. The second kappa shape index (κ2) is 8.76. The molecule has 0 saturated carbocycles. The van der Waals surface area contributed by atoms with Crippen LogP contribution in [-0.4, -0.2) is 23.2 Å². The molecule has 0 saturated heterocycles. The lowest BCUT2D eigenvalue weighted by molar-refractivity contribution is -0.146. The Morgan fingerprint density at radius 3 is 2.65 bits per heavy atom. The van der Waals surface area contributed by atoms with Crippen molar-refractivity contribution in [3.05, 3.63) is 39.0 Å². The first kappa shape index (κ1) is 19.3. The number of thioether (sulfide) groups is 1. The highest BCUT2D eigenvalue weighted by Gasteiger charge is 2.23. The van der Waals surface area contributed by atoms with Gasteiger partial charge in [-0.25, -0.2) is 4.39 Å². The molecule has 124 valence electrons. The number of carbonyl (C=O) groups excluding carboxylic acids is 2. The highest BCUT2D eigenvalue weighted by Crippen LogP contribution is 2.34. The minimum Gasteiger partial charge on any atom is -0.462 e. The first-order chi connectivity index (χ1) is 10.8. The molecule has 0 bridgehead atoms. The molecule has 0 spiro atoms. The molecule has 1 unspecified atom stereocenters. The van der Waals surface area contributed by atoms with Gasteiger partial charge in [0.05, 0.1) is 16.7 Å². The quantitative estimate of drug-likeness (QED) is 0.241. The lowest BCUT2D eigenvalue weighted by atomic mass is 10.2. The molecule has 0 aliphatic carbocycles. The van der Waals surface area contributed by atoms with E-state index in [1.54, 1.807) is 20.8 Å². The molecule has 0 N–H and O–H groups in total. The van der Waals surface area contributed by atoms with Gasteiger partial charge >= 0.3 is 5.97 Å². The number of esters is 1. The van der Waals surface area contributed by atoms with Crippen LogP contribution >= 0.6 is 23.4 Å². The van der Waals surface area contributed by atoms with Gasteiger partial charge in [0.1, 0.15) is 11.1 Å². The number of rotatable bonds is 6. The summed E-state index contributed by atoms with van der Waals surface area (Å²) >= 11 is 7.03. The van der Waals surface area contributed by atoms with Gasteiger partial charge in [-0.3, -0.25) is 9.59 Å². The van der Waals surface area contributed by atoms with Crippen molar-refractivity contribution in [2.24, 2.45) is 5.11 Å². The van der Waals surface area contributed by atoms with E-state index in [4.69, 9.17) is 21.9 Å². The van der Waals surface area contributed by atoms with E-state index in [0.717, 1.165) is 17.8 Å². The highest BCUT2D eigenvalue weighted by atomic mass is 35.5. The van der Waals surface area contributed by atoms with E-state index >= 15 is 0 Å². The standard InChI is InChI=1S/C14H15ClFN3O3S/c1-4-11(14(21)22-7(2)3)23-12-5-8(13(20)18-19-17)10(16)6-9(12)15/h5-7,11H,4H2,1-3H3. The van der Waals surface area contributed by atoms with Crippen LogP contribution in [0.4, 0.5) is 4.39 Å². The summed E-state index contributed by atoms with van der Waals surface area (Å²) in [5, 5.41) is 2.36. The highest BCUT2D eigenvalue weighted by molar-refractivity contribution is 8.00. The number of nitrogens with zero attached hydrogens (tertiary/aromatic N) is 3. The molecule has 1 amide bonds. The maximum atomic E-state index is 13.8. The van der Waals surface area contributed by atoms with Crippen LogP contribution < -0.4 is 0 Å². The molecule has 1 aromatic rings. The van der Waals surface area contributed by atoms with Gasteiger partial charge in [0, 0.05) is 9.81 Å². The number of amides is 1. The van der Waals surface area contributed by atoms with E-state index < -0.39 is 28.5 Å². The number of hydrogen-bond acceptors (Lipinski definition) is 4.